The molecule has 23 heavy (non-hydrogen) atoms. The summed E-state index contributed by atoms with van der Waals surface area (Å²) >= 11 is 0. The van der Waals surface area contributed by atoms with E-state index in [1.54, 1.807) is 19.3 Å². The third-order valence-electron chi connectivity index (χ3n) is 3.44. The lowest BCUT2D eigenvalue weighted by Gasteiger charge is -2.13. The number of nitrogens with zero attached hydrogens (tertiary/aromatic N) is 2. The summed E-state index contributed by atoms with van der Waals surface area (Å²) in [5, 5.41) is 13.9. The van der Waals surface area contributed by atoms with Crippen LogP contribution in [0.1, 0.15) is 12.5 Å². The Bertz CT molecular complexity index is 718. The molecule has 7 heteroatoms. The Morgan fingerprint density at radius 2 is 2.04 bits per heavy atom. The SMILES string of the molecule is CCc1ccccc1NC(=O)CN(C)c1[nH+]cccc1[N+](=O)[O-]. The molecule has 0 spiro atoms. The lowest BCUT2D eigenvalue weighted by molar-refractivity contribution is -0.411. The van der Waals surface area contributed by atoms with Crippen molar-refractivity contribution in [3.05, 3.63) is 58.3 Å². The van der Waals surface area contributed by atoms with Crippen molar-refractivity contribution in [1.29, 1.82) is 0 Å². The van der Waals surface area contributed by atoms with Crippen LogP contribution in [0.2, 0.25) is 0 Å². The van der Waals surface area contributed by atoms with Gasteiger partial charge in [-0.1, -0.05) is 25.1 Å². The molecule has 0 unspecified atom stereocenters. The zero-order chi connectivity index (χ0) is 16.8. The standard InChI is InChI=1S/C16H18N4O3/c1-3-12-7-4-5-8-13(12)18-15(21)11-19(2)16-14(20(22)23)9-6-10-17-16/h4-10H,3,11H2,1-2H3,(H,18,21)/p+1. The van der Waals surface area contributed by atoms with E-state index < -0.39 is 4.92 Å². The number of hydrogen-bond acceptors (Lipinski definition) is 4. The number of hydrogen-bond donors (Lipinski definition) is 1. The van der Waals surface area contributed by atoms with Crippen molar-refractivity contribution in [2.45, 2.75) is 13.3 Å². The van der Waals surface area contributed by atoms with Crippen molar-refractivity contribution in [3.8, 4) is 0 Å². The summed E-state index contributed by atoms with van der Waals surface area (Å²) in [5.41, 5.74) is 1.73. The van der Waals surface area contributed by atoms with Gasteiger partial charge in [0, 0.05) is 11.8 Å². The molecule has 0 saturated carbocycles. The van der Waals surface area contributed by atoms with Gasteiger partial charge >= 0.3 is 11.5 Å². The van der Waals surface area contributed by atoms with Crippen LogP contribution in [0, 0.1) is 10.1 Å². The number of amides is 1. The van der Waals surface area contributed by atoms with Gasteiger partial charge in [-0.25, -0.2) is 9.88 Å². The zero-order valence-electron chi connectivity index (χ0n) is 13.1. The van der Waals surface area contributed by atoms with Gasteiger partial charge in [-0.3, -0.25) is 14.9 Å². The predicted octanol–water partition coefficient (Wildman–Crippen LogP) is 2.05. The first-order valence-corrected chi connectivity index (χ1v) is 7.27. The van der Waals surface area contributed by atoms with Gasteiger partial charge in [0.2, 0.25) is 0 Å². The molecule has 1 aromatic carbocycles. The minimum atomic E-state index is -0.480. The van der Waals surface area contributed by atoms with Crippen LogP contribution in [0.5, 0.6) is 0 Å². The lowest BCUT2D eigenvalue weighted by Crippen LogP contribution is -2.34. The van der Waals surface area contributed by atoms with Gasteiger partial charge in [0.1, 0.15) is 0 Å². The molecule has 7 nitrogen and oxygen atoms in total. The minimum Gasteiger partial charge on any atom is -0.322 e. The summed E-state index contributed by atoms with van der Waals surface area (Å²) in [4.78, 5) is 27.1. The topological polar surface area (TPSA) is 89.6 Å². The third kappa shape index (κ3) is 4.03. The maximum absolute atomic E-state index is 12.2. The molecule has 2 aromatic rings. The van der Waals surface area contributed by atoms with E-state index in [1.165, 1.54) is 11.0 Å². The van der Waals surface area contributed by atoms with Crippen LogP contribution in [-0.4, -0.2) is 24.4 Å². The number of likely N-dealkylation sites (N-methyl/N-ethyl adjacent to an activating group) is 1. The van der Waals surface area contributed by atoms with Gasteiger partial charge in [-0.2, -0.15) is 0 Å². The Morgan fingerprint density at radius 1 is 1.30 bits per heavy atom. The van der Waals surface area contributed by atoms with E-state index in [0.29, 0.717) is 0 Å². The number of aromatic nitrogens is 1. The summed E-state index contributed by atoms with van der Waals surface area (Å²) < 4.78 is 0. The highest BCUT2D eigenvalue weighted by Gasteiger charge is 2.26. The number of H-pyrrole nitrogens is 1. The molecule has 120 valence electrons. The molecule has 0 fully saturated rings. The monoisotopic (exact) mass is 315 g/mol. The number of benzene rings is 1. The average molecular weight is 315 g/mol. The molecule has 0 aliphatic heterocycles. The average Bonchev–Trinajstić information content (AvgIpc) is 2.55. The first kappa shape index (κ1) is 16.4. The molecule has 0 radical (unpaired) electrons. The highest BCUT2D eigenvalue weighted by molar-refractivity contribution is 5.94. The number of para-hydroxylation sites is 1. The molecule has 0 aliphatic carbocycles. The smallest absolute Gasteiger partial charge is 0.322 e. The Labute approximate surface area is 134 Å². The number of nitro groups is 1. The lowest BCUT2D eigenvalue weighted by atomic mass is 10.1. The van der Waals surface area contributed by atoms with Gasteiger partial charge in [-0.15, -0.1) is 0 Å². The van der Waals surface area contributed by atoms with E-state index in [9.17, 15) is 14.9 Å². The van der Waals surface area contributed by atoms with Crippen LogP contribution in [0.15, 0.2) is 42.6 Å². The Hall–Kier alpha value is -2.96. The van der Waals surface area contributed by atoms with Crippen molar-refractivity contribution in [2.75, 3.05) is 23.8 Å². The summed E-state index contributed by atoms with van der Waals surface area (Å²) in [5.74, 6) is 0.0522. The largest absolute Gasteiger partial charge is 0.357 e. The fourth-order valence-corrected chi connectivity index (χ4v) is 2.31. The summed E-state index contributed by atoms with van der Waals surface area (Å²) in [6, 6.07) is 10.5. The second-order valence-corrected chi connectivity index (χ2v) is 5.08. The fourth-order valence-electron chi connectivity index (χ4n) is 2.31. The van der Waals surface area contributed by atoms with E-state index in [0.717, 1.165) is 17.7 Å². The molecular formula is C16H19N4O3+. The second kappa shape index (κ2) is 7.35. The van der Waals surface area contributed by atoms with Gasteiger partial charge in [0.25, 0.3) is 5.91 Å². The predicted molar refractivity (Wildman–Crippen MR) is 87.4 cm³/mol. The Kier molecular flexibility index (Phi) is 5.24. The van der Waals surface area contributed by atoms with Crippen molar-refractivity contribution < 1.29 is 14.7 Å². The van der Waals surface area contributed by atoms with E-state index in [1.807, 2.05) is 31.2 Å². The summed E-state index contributed by atoms with van der Waals surface area (Å²) in [7, 11) is 1.63. The molecule has 0 saturated heterocycles. The molecule has 0 atom stereocenters. The Morgan fingerprint density at radius 3 is 2.74 bits per heavy atom. The number of nitrogens with one attached hydrogen (secondary N) is 2. The van der Waals surface area contributed by atoms with Crippen molar-refractivity contribution >= 4 is 23.1 Å². The van der Waals surface area contributed by atoms with Crippen LogP contribution in [0.3, 0.4) is 0 Å². The number of carbonyl (C=O) groups is 1. The molecule has 2 rings (SSSR count). The second-order valence-electron chi connectivity index (χ2n) is 5.08. The quantitative estimate of drug-likeness (QED) is 0.652. The first-order valence-electron chi connectivity index (χ1n) is 7.27. The van der Waals surface area contributed by atoms with Crippen LogP contribution >= 0.6 is 0 Å². The van der Waals surface area contributed by atoms with Crippen LogP contribution < -0.4 is 15.2 Å². The van der Waals surface area contributed by atoms with Crippen LogP contribution in [0.4, 0.5) is 17.2 Å². The highest BCUT2D eigenvalue weighted by atomic mass is 16.6. The number of aromatic amines is 1. The van der Waals surface area contributed by atoms with Gasteiger partial charge in [0.15, 0.2) is 6.54 Å². The summed E-state index contributed by atoms with van der Waals surface area (Å²) in [6.45, 7) is 2.01. The minimum absolute atomic E-state index is 0.000593. The Balaban J connectivity index is 2.10. The molecule has 2 N–H and O–H groups in total. The number of rotatable bonds is 6. The molecular weight excluding hydrogens is 296 g/mol. The molecule has 0 aliphatic rings. The van der Waals surface area contributed by atoms with Crippen molar-refractivity contribution in [1.82, 2.24) is 0 Å². The van der Waals surface area contributed by atoms with E-state index >= 15 is 0 Å². The van der Waals surface area contributed by atoms with Gasteiger partial charge in [0.05, 0.1) is 18.2 Å². The normalized spacial score (nSPS) is 10.2. The van der Waals surface area contributed by atoms with Crippen molar-refractivity contribution in [2.24, 2.45) is 0 Å². The van der Waals surface area contributed by atoms with Crippen molar-refractivity contribution in [3.63, 3.8) is 0 Å². The number of anilines is 2. The summed E-state index contributed by atoms with van der Waals surface area (Å²) in [6.07, 6.45) is 2.40. The van der Waals surface area contributed by atoms with E-state index in [2.05, 4.69) is 10.3 Å². The zero-order valence-corrected chi connectivity index (χ0v) is 13.1. The number of pyridine rings is 1. The van der Waals surface area contributed by atoms with Crippen LogP contribution in [0.25, 0.3) is 0 Å². The molecule has 0 bridgehead atoms. The number of aryl methyl sites for hydroxylation is 1. The van der Waals surface area contributed by atoms with Gasteiger partial charge in [-0.05, 0) is 24.1 Å². The third-order valence-corrected chi connectivity index (χ3v) is 3.44. The fraction of sp³-hybridized carbons (Fsp3) is 0.250. The highest BCUT2D eigenvalue weighted by Crippen LogP contribution is 2.21. The molecule has 1 aromatic heterocycles. The van der Waals surface area contributed by atoms with Crippen LogP contribution in [-0.2, 0) is 11.2 Å². The van der Waals surface area contributed by atoms with Gasteiger partial charge < -0.3 is 5.32 Å². The maximum Gasteiger partial charge on any atom is 0.357 e. The van der Waals surface area contributed by atoms with E-state index in [4.69, 9.17) is 0 Å². The first-order chi connectivity index (χ1) is 11.0. The molecule has 1 amide bonds. The van der Waals surface area contributed by atoms with E-state index in [-0.39, 0.29) is 24.0 Å². The number of carbonyl (C=O) groups excluding carboxylic acids is 1. The maximum atomic E-state index is 12.2. The molecule has 1 heterocycles.